The molecule has 0 radical (unpaired) electrons. The topological polar surface area (TPSA) is 17.0 Å². The summed E-state index contributed by atoms with van der Waals surface area (Å²) in [6.45, 7) is -3.90. The maximum Gasteiger partial charge on any atom is 0.393 e. The number of benzene rings is 4. The lowest BCUT2D eigenvalue weighted by atomic mass is 9.92. The first kappa shape index (κ1) is 18.1. The van der Waals surface area contributed by atoms with E-state index >= 15 is 0 Å². The summed E-state index contributed by atoms with van der Waals surface area (Å²) in [7, 11) is 1.65. The van der Waals surface area contributed by atoms with Crippen LogP contribution in [0.5, 0.6) is 0 Å². The zero-order valence-corrected chi connectivity index (χ0v) is 21.6. The summed E-state index contributed by atoms with van der Waals surface area (Å²) in [6.07, 6.45) is -7.80. The van der Waals surface area contributed by atoms with E-state index < -0.39 is 37.4 Å². The van der Waals surface area contributed by atoms with Crippen LogP contribution in [0.1, 0.15) is 33.2 Å². The molecule has 0 spiro atoms. The molecule has 6 aromatic rings. The first-order valence-electron chi connectivity index (χ1n) is 16.6. The minimum atomic E-state index is -5.32. The molecule has 0 saturated heterocycles. The Kier molecular flexibility index (Phi) is 4.37. The van der Waals surface area contributed by atoms with E-state index in [1.54, 1.807) is 11.6 Å². The molecule has 4 aromatic carbocycles. The van der Waals surface area contributed by atoms with Gasteiger partial charge in [0.1, 0.15) is 18.2 Å². The normalized spacial score (nSPS) is 15.9. The molecule has 2 aromatic heterocycles. The molecule has 0 aliphatic carbocycles. The fourth-order valence-electron chi connectivity index (χ4n) is 5.21. The molecule has 200 valence electrons. The molecule has 5 heteroatoms. The Morgan fingerprint density at radius 3 is 2.33 bits per heavy atom. The van der Waals surface area contributed by atoms with Gasteiger partial charge in [0.25, 0.3) is 0 Å². The SMILES string of the molecule is [2H]C([2H])([2H])c1cc(C([2H])([2H])C(F)(F)F)ccc1-c1cc(-c2c(C)ccc3c2oc2cc(-c4ccccc4)ccc23)[n+](C)cc1C([2H])([2H])[2H]. The molecule has 0 aliphatic heterocycles. The monoisotopic (exact) mass is 544 g/mol. The first-order chi connectivity index (χ1) is 22.3. The fraction of sp³-hybridized carbons (Fsp3) is 0.171. The smallest absolute Gasteiger partial charge is 0.393 e. The number of rotatable bonds is 4. The van der Waals surface area contributed by atoms with Gasteiger partial charge in [-0.25, -0.2) is 4.57 Å². The highest BCUT2D eigenvalue weighted by molar-refractivity contribution is 6.10. The molecule has 40 heavy (non-hydrogen) atoms. The van der Waals surface area contributed by atoms with Gasteiger partial charge in [0.15, 0.2) is 6.20 Å². The minimum absolute atomic E-state index is 0.0350. The van der Waals surface area contributed by atoms with E-state index in [-0.39, 0.29) is 16.7 Å². The van der Waals surface area contributed by atoms with Gasteiger partial charge in [0.2, 0.25) is 5.69 Å². The molecular weight excluding hydrogens is 507 g/mol. The Bertz CT molecular complexity index is 2200. The van der Waals surface area contributed by atoms with E-state index in [2.05, 4.69) is 0 Å². The first-order valence-corrected chi connectivity index (χ1v) is 12.6. The lowest BCUT2D eigenvalue weighted by Gasteiger charge is -2.14. The maximum absolute atomic E-state index is 13.6. The molecule has 6 rings (SSSR count). The Balaban J connectivity index is 1.63. The second kappa shape index (κ2) is 9.67. The lowest BCUT2D eigenvalue weighted by molar-refractivity contribution is -0.660. The van der Waals surface area contributed by atoms with Gasteiger partial charge < -0.3 is 4.42 Å². The molecule has 0 amide bonds. The second-order valence-corrected chi connectivity index (χ2v) is 9.79. The van der Waals surface area contributed by atoms with Gasteiger partial charge in [-0.2, -0.15) is 13.2 Å². The van der Waals surface area contributed by atoms with Gasteiger partial charge in [-0.1, -0.05) is 66.7 Å². The number of furan rings is 1. The number of aryl methyl sites for hydroxylation is 4. The van der Waals surface area contributed by atoms with Crippen LogP contribution in [-0.2, 0) is 13.4 Å². The minimum Gasteiger partial charge on any atom is -0.455 e. The number of nitrogens with zero attached hydrogens (tertiary/aromatic N) is 1. The molecule has 2 nitrogen and oxygen atoms in total. The third-order valence-corrected chi connectivity index (χ3v) is 7.08. The Morgan fingerprint density at radius 1 is 0.800 bits per heavy atom. The average Bonchev–Trinajstić information content (AvgIpc) is 3.37. The standard InChI is InChI=1S/C35H29F3NO/c1-21-10-13-29-28-15-12-26(25-8-6-5-7-9-25)17-32(28)40-34(29)33(21)31-18-30(23(3)20-39(31)4)27-14-11-24(16-22(27)2)19-35(36,37)38/h5-18,20H,19H2,1-4H3/q+1/i2D3,3D3,19D2. The highest BCUT2D eigenvalue weighted by Crippen LogP contribution is 2.40. The Labute approximate surface area is 242 Å². The average molecular weight is 545 g/mol. The van der Waals surface area contributed by atoms with Crippen LogP contribution in [0.4, 0.5) is 13.2 Å². The number of halogens is 3. The Hall–Kier alpha value is -4.38. The zero-order chi connectivity index (χ0) is 35.0. The third-order valence-electron chi connectivity index (χ3n) is 7.08. The molecule has 0 saturated carbocycles. The number of hydrogen-bond acceptors (Lipinski definition) is 1. The van der Waals surface area contributed by atoms with Gasteiger partial charge >= 0.3 is 6.18 Å². The summed E-state index contributed by atoms with van der Waals surface area (Å²) < 4.78 is 114. The van der Waals surface area contributed by atoms with E-state index in [4.69, 9.17) is 15.4 Å². The molecular formula is C35H29F3NO+. The van der Waals surface area contributed by atoms with Gasteiger partial charge in [0, 0.05) is 33.4 Å². The maximum atomic E-state index is 13.6. The van der Waals surface area contributed by atoms with Crippen LogP contribution in [0.15, 0.2) is 95.5 Å². The predicted molar refractivity (Wildman–Crippen MR) is 155 cm³/mol. The van der Waals surface area contributed by atoms with E-state index in [9.17, 15) is 13.2 Å². The van der Waals surface area contributed by atoms with Gasteiger partial charge in [-0.05, 0) is 71.7 Å². The number of pyridine rings is 1. The third kappa shape index (κ3) is 4.66. The van der Waals surface area contributed by atoms with Gasteiger partial charge in [0.05, 0.1) is 11.9 Å². The van der Waals surface area contributed by atoms with E-state index in [1.807, 2.05) is 67.6 Å². The van der Waals surface area contributed by atoms with Gasteiger partial charge in [-0.3, -0.25) is 0 Å². The summed E-state index contributed by atoms with van der Waals surface area (Å²) in [5, 5.41) is 1.65. The summed E-state index contributed by atoms with van der Waals surface area (Å²) in [5.74, 6) is 0. The molecule has 0 N–H and O–H groups in total. The predicted octanol–water partition coefficient (Wildman–Crippen LogP) is 9.44. The molecule has 0 atom stereocenters. The van der Waals surface area contributed by atoms with Crippen molar-refractivity contribution in [3.63, 3.8) is 0 Å². The van der Waals surface area contributed by atoms with E-state index in [0.717, 1.165) is 39.6 Å². The second-order valence-electron chi connectivity index (χ2n) is 9.79. The van der Waals surface area contributed by atoms with Crippen molar-refractivity contribution >= 4 is 21.9 Å². The van der Waals surface area contributed by atoms with Crippen LogP contribution in [0.2, 0.25) is 0 Å². The summed E-state index contributed by atoms with van der Waals surface area (Å²) in [6, 6.07) is 23.6. The van der Waals surface area contributed by atoms with Crippen molar-refractivity contribution in [2.24, 2.45) is 7.05 Å². The Morgan fingerprint density at radius 2 is 1.57 bits per heavy atom. The highest BCUT2D eigenvalue weighted by Gasteiger charge is 2.28. The molecule has 0 aliphatic rings. The summed E-state index contributed by atoms with van der Waals surface area (Å²) >= 11 is 0. The van der Waals surface area contributed by atoms with Crippen molar-refractivity contribution in [3.05, 3.63) is 113 Å². The van der Waals surface area contributed by atoms with E-state index in [0.29, 0.717) is 28.5 Å². The van der Waals surface area contributed by atoms with Crippen molar-refractivity contribution in [1.29, 1.82) is 0 Å². The number of hydrogen-bond donors (Lipinski definition) is 0. The lowest BCUT2D eigenvalue weighted by Crippen LogP contribution is -2.31. The van der Waals surface area contributed by atoms with Crippen molar-refractivity contribution in [2.75, 3.05) is 0 Å². The number of fused-ring (bicyclic) bond motifs is 3. The highest BCUT2D eigenvalue weighted by atomic mass is 19.4. The molecule has 0 bridgehead atoms. The van der Waals surface area contributed by atoms with Crippen LogP contribution in [0, 0.1) is 20.6 Å². The number of alkyl halides is 3. The fourth-order valence-corrected chi connectivity index (χ4v) is 5.21. The van der Waals surface area contributed by atoms with Crippen LogP contribution in [0.3, 0.4) is 0 Å². The zero-order valence-electron chi connectivity index (χ0n) is 29.6. The molecule has 0 fully saturated rings. The van der Waals surface area contributed by atoms with E-state index in [1.165, 1.54) is 12.3 Å². The van der Waals surface area contributed by atoms with Crippen molar-refractivity contribution in [2.45, 2.75) is 33.2 Å². The van der Waals surface area contributed by atoms with Crippen molar-refractivity contribution in [3.8, 4) is 33.5 Å². The quantitative estimate of drug-likeness (QED) is 0.202. The molecule has 2 heterocycles. The van der Waals surface area contributed by atoms with Crippen LogP contribution >= 0.6 is 0 Å². The van der Waals surface area contributed by atoms with Crippen LogP contribution < -0.4 is 4.57 Å². The van der Waals surface area contributed by atoms with Crippen LogP contribution in [-0.4, -0.2) is 6.18 Å². The summed E-state index contributed by atoms with van der Waals surface area (Å²) in [4.78, 5) is 0. The number of aromatic nitrogens is 1. The van der Waals surface area contributed by atoms with Crippen molar-refractivity contribution < 1.29 is 33.1 Å². The van der Waals surface area contributed by atoms with Crippen LogP contribution in [0.25, 0.3) is 55.4 Å². The molecule has 0 unspecified atom stereocenters. The van der Waals surface area contributed by atoms with Crippen molar-refractivity contribution in [1.82, 2.24) is 0 Å². The largest absolute Gasteiger partial charge is 0.455 e. The summed E-state index contributed by atoms with van der Waals surface area (Å²) in [5.41, 5.74) is 3.04. The van der Waals surface area contributed by atoms with Gasteiger partial charge in [-0.15, -0.1) is 0 Å².